The van der Waals surface area contributed by atoms with Crippen molar-refractivity contribution in [3.8, 4) is 0 Å². The van der Waals surface area contributed by atoms with E-state index in [1.165, 1.54) is 5.56 Å². The highest BCUT2D eigenvalue weighted by Gasteiger charge is 2.31. The van der Waals surface area contributed by atoms with Gasteiger partial charge in [-0.15, -0.1) is 0 Å². The standard InChI is InChI=1S/C21H26N4O2/c1-2-21(14-22-9-10-27-21)11-15-3-7-18(8-4-15)25-20(26)17-12-23-19(24-13-17)16-5-6-16/h3-4,7-8,12-13,16,22H,2,5-6,9-11,14H2,1H3,(H,25,26)/t21-/m1/s1. The van der Waals surface area contributed by atoms with Gasteiger partial charge < -0.3 is 15.4 Å². The molecule has 27 heavy (non-hydrogen) atoms. The Morgan fingerprint density at radius 3 is 2.59 bits per heavy atom. The van der Waals surface area contributed by atoms with E-state index in [4.69, 9.17) is 4.74 Å². The van der Waals surface area contributed by atoms with E-state index in [-0.39, 0.29) is 11.5 Å². The summed E-state index contributed by atoms with van der Waals surface area (Å²) in [6.45, 7) is 4.71. The van der Waals surface area contributed by atoms with E-state index in [2.05, 4.69) is 39.7 Å². The van der Waals surface area contributed by atoms with Crippen LogP contribution in [0.1, 0.15) is 53.8 Å². The van der Waals surface area contributed by atoms with Gasteiger partial charge in [-0.25, -0.2) is 9.97 Å². The van der Waals surface area contributed by atoms with E-state index < -0.39 is 0 Å². The van der Waals surface area contributed by atoms with Crippen molar-refractivity contribution >= 4 is 11.6 Å². The Morgan fingerprint density at radius 2 is 2.00 bits per heavy atom. The lowest BCUT2D eigenvalue weighted by Gasteiger charge is -2.37. The molecule has 0 unspecified atom stereocenters. The number of nitrogens with zero attached hydrogens (tertiary/aromatic N) is 2. The number of rotatable bonds is 6. The molecule has 1 saturated heterocycles. The Balaban J connectivity index is 1.37. The second kappa shape index (κ2) is 7.74. The lowest BCUT2D eigenvalue weighted by atomic mass is 9.90. The molecule has 2 N–H and O–H groups in total. The number of aromatic nitrogens is 2. The second-order valence-electron chi connectivity index (χ2n) is 7.49. The number of hydrogen-bond acceptors (Lipinski definition) is 5. The first-order valence-corrected chi connectivity index (χ1v) is 9.74. The summed E-state index contributed by atoms with van der Waals surface area (Å²) in [5.74, 6) is 1.15. The van der Waals surface area contributed by atoms with Crippen LogP contribution in [0.5, 0.6) is 0 Å². The van der Waals surface area contributed by atoms with Crippen LogP contribution in [0.15, 0.2) is 36.7 Å². The predicted molar refractivity (Wildman–Crippen MR) is 104 cm³/mol. The summed E-state index contributed by atoms with van der Waals surface area (Å²) in [6, 6.07) is 7.98. The Hall–Kier alpha value is -2.31. The third-order valence-electron chi connectivity index (χ3n) is 5.39. The first kappa shape index (κ1) is 18.1. The normalized spacial score (nSPS) is 22.4. The van der Waals surface area contributed by atoms with Gasteiger partial charge in [-0.2, -0.15) is 0 Å². The number of benzene rings is 1. The van der Waals surface area contributed by atoms with Crippen LogP contribution in [0, 0.1) is 0 Å². The maximum Gasteiger partial charge on any atom is 0.258 e. The highest BCUT2D eigenvalue weighted by atomic mass is 16.5. The van der Waals surface area contributed by atoms with Gasteiger partial charge in [0.2, 0.25) is 0 Å². The maximum absolute atomic E-state index is 12.4. The monoisotopic (exact) mass is 366 g/mol. The Kier molecular flexibility index (Phi) is 5.18. The predicted octanol–water partition coefficient (Wildman–Crippen LogP) is 2.92. The smallest absolute Gasteiger partial charge is 0.258 e. The number of hydrogen-bond donors (Lipinski definition) is 2. The molecular formula is C21H26N4O2. The zero-order chi connectivity index (χ0) is 18.7. The van der Waals surface area contributed by atoms with Crippen LogP contribution in [0.2, 0.25) is 0 Å². The summed E-state index contributed by atoms with van der Waals surface area (Å²) < 4.78 is 6.06. The Morgan fingerprint density at radius 1 is 1.26 bits per heavy atom. The molecule has 2 heterocycles. The lowest BCUT2D eigenvalue weighted by molar-refractivity contribution is -0.0676. The third-order valence-corrected chi connectivity index (χ3v) is 5.39. The van der Waals surface area contributed by atoms with Crippen molar-refractivity contribution in [1.82, 2.24) is 15.3 Å². The molecule has 6 nitrogen and oxygen atoms in total. The molecule has 0 spiro atoms. The molecule has 1 saturated carbocycles. The van der Waals surface area contributed by atoms with Gasteiger partial charge in [-0.05, 0) is 37.0 Å². The first-order chi connectivity index (χ1) is 13.2. The highest BCUT2D eigenvalue weighted by molar-refractivity contribution is 6.03. The van der Waals surface area contributed by atoms with Gasteiger partial charge in [0.05, 0.1) is 17.8 Å². The van der Waals surface area contributed by atoms with Crippen LogP contribution in [-0.4, -0.2) is 41.2 Å². The van der Waals surface area contributed by atoms with Crippen LogP contribution < -0.4 is 10.6 Å². The first-order valence-electron chi connectivity index (χ1n) is 9.74. The third kappa shape index (κ3) is 4.34. The molecule has 142 valence electrons. The number of ether oxygens (including phenoxy) is 1. The van der Waals surface area contributed by atoms with Gasteiger partial charge in [0.1, 0.15) is 5.82 Å². The molecule has 1 aliphatic carbocycles. The van der Waals surface area contributed by atoms with E-state index in [0.717, 1.165) is 56.9 Å². The number of carbonyl (C=O) groups excluding carboxylic acids is 1. The summed E-state index contributed by atoms with van der Waals surface area (Å²) in [5, 5.41) is 6.34. The van der Waals surface area contributed by atoms with Crippen molar-refractivity contribution in [2.24, 2.45) is 0 Å². The van der Waals surface area contributed by atoms with Gasteiger partial charge in [0, 0.05) is 43.5 Å². The summed E-state index contributed by atoms with van der Waals surface area (Å²) >= 11 is 0. The van der Waals surface area contributed by atoms with Gasteiger partial charge in [0.25, 0.3) is 5.91 Å². The quantitative estimate of drug-likeness (QED) is 0.822. The van der Waals surface area contributed by atoms with Gasteiger partial charge in [-0.3, -0.25) is 4.79 Å². The highest BCUT2D eigenvalue weighted by Crippen LogP contribution is 2.37. The van der Waals surface area contributed by atoms with Crippen molar-refractivity contribution < 1.29 is 9.53 Å². The molecule has 0 radical (unpaired) electrons. The summed E-state index contributed by atoms with van der Waals surface area (Å²) in [6.07, 6.45) is 7.36. The van der Waals surface area contributed by atoms with E-state index >= 15 is 0 Å². The lowest BCUT2D eigenvalue weighted by Crippen LogP contribution is -2.50. The van der Waals surface area contributed by atoms with Crippen LogP contribution in [0.4, 0.5) is 5.69 Å². The van der Waals surface area contributed by atoms with Crippen molar-refractivity contribution in [1.29, 1.82) is 0 Å². The minimum absolute atomic E-state index is 0.135. The molecule has 4 rings (SSSR count). The number of anilines is 1. The molecule has 1 atom stereocenters. The molecule has 1 aromatic heterocycles. The molecule has 2 fully saturated rings. The topological polar surface area (TPSA) is 76.1 Å². The average Bonchev–Trinajstić information content (AvgIpc) is 3.56. The summed E-state index contributed by atoms with van der Waals surface area (Å²) in [7, 11) is 0. The summed E-state index contributed by atoms with van der Waals surface area (Å²) in [4.78, 5) is 21.0. The van der Waals surface area contributed by atoms with Crippen LogP contribution >= 0.6 is 0 Å². The molecule has 6 heteroatoms. The van der Waals surface area contributed by atoms with Crippen LogP contribution in [0.3, 0.4) is 0 Å². The van der Waals surface area contributed by atoms with Crippen molar-refractivity contribution in [3.05, 3.63) is 53.6 Å². The van der Waals surface area contributed by atoms with Gasteiger partial charge in [0.15, 0.2) is 0 Å². The molecule has 1 aliphatic heterocycles. The fourth-order valence-corrected chi connectivity index (χ4v) is 3.46. The Labute approximate surface area is 159 Å². The van der Waals surface area contributed by atoms with E-state index in [1.54, 1.807) is 12.4 Å². The Bertz CT molecular complexity index is 779. The van der Waals surface area contributed by atoms with E-state index in [9.17, 15) is 4.79 Å². The SMILES string of the molecule is CC[C@@]1(Cc2ccc(NC(=O)c3cnc(C4CC4)nc3)cc2)CNCCO1. The van der Waals surface area contributed by atoms with E-state index in [1.807, 2.05) is 12.1 Å². The molecule has 2 aromatic rings. The molecule has 2 aliphatic rings. The van der Waals surface area contributed by atoms with Crippen molar-refractivity contribution in [2.75, 3.05) is 25.0 Å². The van der Waals surface area contributed by atoms with Crippen molar-refractivity contribution in [2.45, 2.75) is 44.1 Å². The largest absolute Gasteiger partial charge is 0.372 e. The summed E-state index contributed by atoms with van der Waals surface area (Å²) in [5.41, 5.74) is 2.32. The fourth-order valence-electron chi connectivity index (χ4n) is 3.46. The molecule has 1 amide bonds. The van der Waals surface area contributed by atoms with E-state index in [0.29, 0.717) is 11.5 Å². The average molecular weight is 366 g/mol. The van der Waals surface area contributed by atoms with Crippen LogP contribution in [0.25, 0.3) is 0 Å². The minimum atomic E-state index is -0.185. The van der Waals surface area contributed by atoms with Gasteiger partial charge in [-0.1, -0.05) is 19.1 Å². The van der Waals surface area contributed by atoms with Crippen LogP contribution in [-0.2, 0) is 11.2 Å². The second-order valence-corrected chi connectivity index (χ2v) is 7.49. The number of morpholine rings is 1. The minimum Gasteiger partial charge on any atom is -0.372 e. The number of amides is 1. The fraction of sp³-hybridized carbons (Fsp3) is 0.476. The number of nitrogens with one attached hydrogen (secondary N) is 2. The zero-order valence-corrected chi connectivity index (χ0v) is 15.7. The molecule has 1 aromatic carbocycles. The van der Waals surface area contributed by atoms with Crippen molar-refractivity contribution in [3.63, 3.8) is 0 Å². The number of carbonyl (C=O) groups is 1. The van der Waals surface area contributed by atoms with Gasteiger partial charge >= 0.3 is 0 Å². The zero-order valence-electron chi connectivity index (χ0n) is 15.7. The molecule has 0 bridgehead atoms. The molecular weight excluding hydrogens is 340 g/mol. The maximum atomic E-state index is 12.4.